The van der Waals surface area contributed by atoms with E-state index in [1.807, 2.05) is 0 Å². The number of ether oxygens (including phenoxy) is 1. The highest BCUT2D eigenvalue weighted by Gasteiger charge is 2.39. The quantitative estimate of drug-likeness (QED) is 0.706. The summed E-state index contributed by atoms with van der Waals surface area (Å²) in [5, 5.41) is 3.75. The molecule has 0 aromatic carbocycles. The highest BCUT2D eigenvalue weighted by Crippen LogP contribution is 2.37. The Labute approximate surface area is 120 Å². The van der Waals surface area contributed by atoms with E-state index in [0.717, 1.165) is 31.4 Å². The van der Waals surface area contributed by atoms with E-state index < -0.39 is 0 Å². The molecule has 1 aliphatic carbocycles. The number of hydrogen-bond donors (Lipinski definition) is 1. The molecular formula is C17H35NO. The Balaban J connectivity index is 2.79. The highest BCUT2D eigenvalue weighted by molar-refractivity contribution is 4.95. The van der Waals surface area contributed by atoms with Crippen LogP contribution in [0.3, 0.4) is 0 Å². The van der Waals surface area contributed by atoms with Crippen LogP contribution >= 0.6 is 0 Å². The molecule has 0 amide bonds. The maximum Gasteiger partial charge on any atom is 0.0806 e. The molecule has 2 heteroatoms. The van der Waals surface area contributed by atoms with Crippen LogP contribution in [0.15, 0.2) is 0 Å². The van der Waals surface area contributed by atoms with Gasteiger partial charge in [-0.15, -0.1) is 0 Å². The summed E-state index contributed by atoms with van der Waals surface area (Å²) in [4.78, 5) is 0. The molecule has 0 saturated heterocycles. The Morgan fingerprint density at radius 2 is 1.95 bits per heavy atom. The Morgan fingerprint density at radius 3 is 2.47 bits per heavy atom. The van der Waals surface area contributed by atoms with Crippen molar-refractivity contribution in [1.29, 1.82) is 0 Å². The average molecular weight is 269 g/mol. The van der Waals surface area contributed by atoms with E-state index in [-0.39, 0.29) is 5.60 Å². The molecule has 0 spiro atoms. The second-order valence-electron chi connectivity index (χ2n) is 6.34. The van der Waals surface area contributed by atoms with Crippen molar-refractivity contribution in [2.45, 2.75) is 84.8 Å². The van der Waals surface area contributed by atoms with Gasteiger partial charge in [0.1, 0.15) is 0 Å². The predicted molar refractivity (Wildman–Crippen MR) is 83.5 cm³/mol. The van der Waals surface area contributed by atoms with Gasteiger partial charge in [-0.25, -0.2) is 0 Å². The van der Waals surface area contributed by atoms with Crippen molar-refractivity contribution in [3.8, 4) is 0 Å². The minimum Gasteiger partial charge on any atom is -0.374 e. The summed E-state index contributed by atoms with van der Waals surface area (Å²) in [6.45, 7) is 13.1. The first-order chi connectivity index (χ1) is 9.11. The molecule has 0 aliphatic heterocycles. The second-order valence-corrected chi connectivity index (χ2v) is 6.34. The van der Waals surface area contributed by atoms with Gasteiger partial charge in [-0.3, -0.25) is 0 Å². The Kier molecular flexibility index (Phi) is 7.38. The Hall–Kier alpha value is -0.0800. The molecule has 1 rings (SSSR count). The lowest BCUT2D eigenvalue weighted by molar-refractivity contribution is -0.0749. The maximum atomic E-state index is 6.15. The lowest BCUT2D eigenvalue weighted by Crippen LogP contribution is -2.55. The largest absolute Gasteiger partial charge is 0.374 e. The number of hydrogen-bond acceptors (Lipinski definition) is 2. The van der Waals surface area contributed by atoms with Gasteiger partial charge in [0.15, 0.2) is 0 Å². The summed E-state index contributed by atoms with van der Waals surface area (Å²) < 4.78 is 6.15. The van der Waals surface area contributed by atoms with E-state index in [0.29, 0.717) is 6.04 Å². The van der Waals surface area contributed by atoms with E-state index in [4.69, 9.17) is 4.74 Å². The van der Waals surface area contributed by atoms with Crippen molar-refractivity contribution >= 4 is 0 Å². The zero-order valence-corrected chi connectivity index (χ0v) is 13.8. The minimum atomic E-state index is -0.00887. The molecule has 0 aromatic rings. The molecule has 1 fully saturated rings. The molecule has 0 bridgehead atoms. The van der Waals surface area contributed by atoms with Gasteiger partial charge in [0.25, 0.3) is 0 Å². The topological polar surface area (TPSA) is 21.3 Å². The normalized spacial score (nSPS) is 28.9. The lowest BCUT2D eigenvalue weighted by atomic mass is 9.72. The fraction of sp³-hybridized carbons (Fsp3) is 1.00. The van der Waals surface area contributed by atoms with Crippen LogP contribution in [0.1, 0.15) is 73.1 Å². The summed E-state index contributed by atoms with van der Waals surface area (Å²) in [6, 6.07) is 0.511. The molecule has 1 saturated carbocycles. The van der Waals surface area contributed by atoms with Gasteiger partial charge in [-0.2, -0.15) is 0 Å². The molecule has 19 heavy (non-hydrogen) atoms. The van der Waals surface area contributed by atoms with Gasteiger partial charge < -0.3 is 10.1 Å². The van der Waals surface area contributed by atoms with Gasteiger partial charge in [-0.05, 0) is 51.5 Å². The molecule has 4 atom stereocenters. The van der Waals surface area contributed by atoms with Crippen molar-refractivity contribution in [3.05, 3.63) is 0 Å². The first-order valence-electron chi connectivity index (χ1n) is 8.48. The molecule has 0 radical (unpaired) electrons. The van der Waals surface area contributed by atoms with Gasteiger partial charge in [0.2, 0.25) is 0 Å². The van der Waals surface area contributed by atoms with Crippen LogP contribution < -0.4 is 5.32 Å². The van der Waals surface area contributed by atoms with Gasteiger partial charge in [0.05, 0.1) is 5.60 Å². The van der Waals surface area contributed by atoms with Gasteiger partial charge >= 0.3 is 0 Å². The van der Waals surface area contributed by atoms with Crippen molar-refractivity contribution in [1.82, 2.24) is 5.32 Å². The fourth-order valence-electron chi connectivity index (χ4n) is 3.85. The third-order valence-corrected chi connectivity index (χ3v) is 5.13. The van der Waals surface area contributed by atoms with Gasteiger partial charge in [0, 0.05) is 12.6 Å². The summed E-state index contributed by atoms with van der Waals surface area (Å²) >= 11 is 0. The Morgan fingerprint density at radius 1 is 1.21 bits per heavy atom. The standard InChI is InChI=1S/C17H35NO/c1-6-14-11-10-12-15(13-14)16(18-8-3)17(5,7-2)19-9-4/h14-16,18H,6-13H2,1-5H3. The molecule has 1 N–H and O–H groups in total. The summed E-state index contributed by atoms with van der Waals surface area (Å²) in [7, 11) is 0. The number of nitrogens with one attached hydrogen (secondary N) is 1. The van der Waals surface area contributed by atoms with E-state index in [1.165, 1.54) is 32.1 Å². The third-order valence-electron chi connectivity index (χ3n) is 5.13. The van der Waals surface area contributed by atoms with Crippen LogP contribution in [-0.4, -0.2) is 24.8 Å². The van der Waals surface area contributed by atoms with Crippen LogP contribution in [0, 0.1) is 11.8 Å². The van der Waals surface area contributed by atoms with Crippen molar-refractivity contribution in [2.75, 3.05) is 13.2 Å². The molecule has 2 nitrogen and oxygen atoms in total. The highest BCUT2D eigenvalue weighted by atomic mass is 16.5. The van der Waals surface area contributed by atoms with Crippen LogP contribution in [0.2, 0.25) is 0 Å². The Bertz CT molecular complexity index is 243. The summed E-state index contributed by atoms with van der Waals surface area (Å²) in [6.07, 6.45) is 8.02. The summed E-state index contributed by atoms with van der Waals surface area (Å²) in [5.41, 5.74) is -0.00887. The molecule has 4 unspecified atom stereocenters. The van der Waals surface area contributed by atoms with Crippen molar-refractivity contribution < 1.29 is 4.74 Å². The smallest absolute Gasteiger partial charge is 0.0806 e. The zero-order valence-electron chi connectivity index (χ0n) is 13.8. The van der Waals surface area contributed by atoms with Crippen LogP contribution in [0.25, 0.3) is 0 Å². The summed E-state index contributed by atoms with van der Waals surface area (Å²) in [5.74, 6) is 1.72. The van der Waals surface area contributed by atoms with Crippen LogP contribution in [0.5, 0.6) is 0 Å². The fourth-order valence-corrected chi connectivity index (χ4v) is 3.85. The van der Waals surface area contributed by atoms with Crippen molar-refractivity contribution in [2.24, 2.45) is 11.8 Å². The first-order valence-corrected chi connectivity index (χ1v) is 8.48. The zero-order chi connectivity index (χ0) is 14.3. The monoisotopic (exact) mass is 269 g/mol. The van der Waals surface area contributed by atoms with E-state index in [2.05, 4.69) is 39.9 Å². The van der Waals surface area contributed by atoms with Gasteiger partial charge in [-0.1, -0.05) is 40.0 Å². The lowest BCUT2D eigenvalue weighted by Gasteiger charge is -2.44. The van der Waals surface area contributed by atoms with Crippen molar-refractivity contribution in [3.63, 3.8) is 0 Å². The van der Waals surface area contributed by atoms with Crippen LogP contribution in [-0.2, 0) is 4.74 Å². The SMILES string of the molecule is CCNC(C1CCCC(CC)C1)C(C)(CC)OCC. The molecule has 114 valence electrons. The molecule has 1 aliphatic rings. The molecule has 0 heterocycles. The number of likely N-dealkylation sites (N-methyl/N-ethyl adjacent to an activating group) is 1. The molecular weight excluding hydrogens is 234 g/mol. The maximum absolute atomic E-state index is 6.15. The third kappa shape index (κ3) is 4.46. The predicted octanol–water partition coefficient (Wildman–Crippen LogP) is 4.39. The number of rotatable bonds is 8. The van der Waals surface area contributed by atoms with E-state index in [9.17, 15) is 0 Å². The van der Waals surface area contributed by atoms with Crippen LogP contribution in [0.4, 0.5) is 0 Å². The second kappa shape index (κ2) is 8.26. The average Bonchev–Trinajstić information content (AvgIpc) is 2.45. The first kappa shape index (κ1) is 17.0. The minimum absolute atomic E-state index is 0.00887. The van der Waals surface area contributed by atoms with E-state index in [1.54, 1.807) is 0 Å². The van der Waals surface area contributed by atoms with E-state index >= 15 is 0 Å². The molecule has 0 aromatic heterocycles.